The van der Waals surface area contributed by atoms with E-state index in [1.165, 1.54) is 12.1 Å². The van der Waals surface area contributed by atoms with E-state index in [2.05, 4.69) is 4.98 Å². The smallest absolute Gasteiger partial charge is 0.307 e. The number of benzene rings is 1. The lowest BCUT2D eigenvalue weighted by molar-refractivity contribution is -0.136. The highest BCUT2D eigenvalue weighted by molar-refractivity contribution is 6.56. The van der Waals surface area contributed by atoms with Crippen LogP contribution in [0.2, 0.25) is 25.1 Å². The van der Waals surface area contributed by atoms with Gasteiger partial charge in [0, 0.05) is 11.1 Å². The molecule has 0 saturated heterocycles. The average molecular weight is 403 g/mol. The Morgan fingerprint density at radius 3 is 1.95 bits per heavy atom. The Morgan fingerprint density at radius 2 is 1.50 bits per heavy atom. The van der Waals surface area contributed by atoms with Crippen molar-refractivity contribution in [1.82, 2.24) is 4.98 Å². The maximum Gasteiger partial charge on any atom is 0.307 e. The zero-order valence-electron chi connectivity index (χ0n) is 10.4. The van der Waals surface area contributed by atoms with Gasteiger partial charge in [0.05, 0.1) is 37.2 Å². The maximum atomic E-state index is 13.9. The van der Waals surface area contributed by atoms with E-state index < -0.39 is 18.3 Å². The number of nitrogens with zero attached hydrogens (tertiary/aromatic N) is 1. The summed E-state index contributed by atoms with van der Waals surface area (Å²) in [7, 11) is 0. The van der Waals surface area contributed by atoms with Crippen LogP contribution in [0.4, 0.5) is 4.39 Å². The van der Waals surface area contributed by atoms with Crippen LogP contribution in [0, 0.1) is 5.95 Å². The molecule has 116 valence electrons. The summed E-state index contributed by atoms with van der Waals surface area (Å²) in [6.07, 6.45) is -0.497. The summed E-state index contributed by atoms with van der Waals surface area (Å²) in [4.78, 5) is 14.3. The van der Waals surface area contributed by atoms with Crippen molar-refractivity contribution in [2.24, 2.45) is 0 Å². The van der Waals surface area contributed by atoms with Crippen LogP contribution in [-0.2, 0) is 11.2 Å². The van der Waals surface area contributed by atoms with Gasteiger partial charge in [-0.15, -0.1) is 0 Å². The number of pyridine rings is 1. The minimum Gasteiger partial charge on any atom is -0.481 e. The topological polar surface area (TPSA) is 50.2 Å². The zero-order chi connectivity index (χ0) is 16.6. The molecule has 2 aromatic rings. The van der Waals surface area contributed by atoms with Gasteiger partial charge in [-0.25, -0.2) is 4.98 Å². The fourth-order valence-corrected chi connectivity index (χ4v) is 3.06. The highest BCUT2D eigenvalue weighted by atomic mass is 35.5. The molecule has 2 rings (SSSR count). The second-order valence-electron chi connectivity index (χ2n) is 4.16. The first-order valence-corrected chi connectivity index (χ1v) is 7.52. The van der Waals surface area contributed by atoms with Crippen LogP contribution in [0.3, 0.4) is 0 Å². The van der Waals surface area contributed by atoms with Crippen LogP contribution < -0.4 is 0 Å². The van der Waals surface area contributed by atoms with Gasteiger partial charge in [-0.05, 0) is 6.07 Å². The van der Waals surface area contributed by atoms with Crippen LogP contribution in [0.15, 0.2) is 12.1 Å². The number of carboxylic acid groups (broad SMARTS) is 1. The predicted molar refractivity (Wildman–Crippen MR) is 86.0 cm³/mol. The van der Waals surface area contributed by atoms with Gasteiger partial charge in [-0.2, -0.15) is 4.39 Å². The number of aromatic nitrogens is 1. The molecule has 0 aliphatic carbocycles. The molecule has 22 heavy (non-hydrogen) atoms. The van der Waals surface area contributed by atoms with Gasteiger partial charge in [0.15, 0.2) is 0 Å². The van der Waals surface area contributed by atoms with Gasteiger partial charge in [0.2, 0.25) is 5.95 Å². The lowest BCUT2D eigenvalue weighted by Gasteiger charge is -2.12. The Hall–Kier alpha value is -0.780. The Kier molecular flexibility index (Phi) is 5.41. The summed E-state index contributed by atoms with van der Waals surface area (Å²) in [6, 6.07) is 2.64. The molecule has 1 aromatic carbocycles. The fourth-order valence-electron chi connectivity index (χ4n) is 1.73. The molecule has 0 saturated carbocycles. The normalized spacial score (nSPS) is 10.8. The lowest BCUT2D eigenvalue weighted by atomic mass is 10.1. The molecule has 0 radical (unpaired) electrons. The van der Waals surface area contributed by atoms with Gasteiger partial charge in [-0.1, -0.05) is 64.1 Å². The minimum atomic E-state index is -1.18. The third-order valence-electron chi connectivity index (χ3n) is 2.73. The van der Waals surface area contributed by atoms with Crippen molar-refractivity contribution in [1.29, 1.82) is 0 Å². The number of hydrogen-bond donors (Lipinski definition) is 1. The molecular formula is C13H5Cl5FNO2. The molecular weight excluding hydrogens is 398 g/mol. The standard InChI is InChI=1S/C13H5Cl5FNO2/c14-8-7(9(15)11(17)12(18)10(8)16)5-2-1-4(3-6(21)22)13(19)20-5/h1-2H,3H2,(H,21,22). The molecule has 1 aromatic heterocycles. The van der Waals surface area contributed by atoms with Crippen molar-refractivity contribution >= 4 is 64.0 Å². The zero-order valence-corrected chi connectivity index (χ0v) is 14.2. The summed E-state index contributed by atoms with van der Waals surface area (Å²) >= 11 is 29.9. The average Bonchev–Trinajstić information content (AvgIpc) is 2.45. The summed E-state index contributed by atoms with van der Waals surface area (Å²) in [5.41, 5.74) is 0.0975. The second-order valence-corrected chi connectivity index (χ2v) is 6.05. The van der Waals surface area contributed by atoms with Gasteiger partial charge in [0.1, 0.15) is 0 Å². The van der Waals surface area contributed by atoms with E-state index >= 15 is 0 Å². The van der Waals surface area contributed by atoms with Crippen molar-refractivity contribution in [3.63, 3.8) is 0 Å². The van der Waals surface area contributed by atoms with E-state index in [9.17, 15) is 9.18 Å². The lowest BCUT2D eigenvalue weighted by Crippen LogP contribution is -2.04. The highest BCUT2D eigenvalue weighted by Gasteiger charge is 2.22. The fraction of sp³-hybridized carbons (Fsp3) is 0.0769. The van der Waals surface area contributed by atoms with Gasteiger partial charge >= 0.3 is 5.97 Å². The molecule has 1 heterocycles. The van der Waals surface area contributed by atoms with Gasteiger partial charge < -0.3 is 5.11 Å². The quantitative estimate of drug-likeness (QED) is 0.401. The van der Waals surface area contributed by atoms with E-state index in [-0.39, 0.29) is 41.9 Å². The van der Waals surface area contributed by atoms with Crippen LogP contribution in [0.5, 0.6) is 0 Å². The Labute approximate surface area is 149 Å². The molecule has 0 spiro atoms. The first kappa shape index (κ1) is 17.6. The third-order valence-corrected chi connectivity index (χ3v) is 5.01. The Morgan fingerprint density at radius 1 is 1.00 bits per heavy atom. The monoisotopic (exact) mass is 401 g/mol. The molecule has 0 bridgehead atoms. The molecule has 0 unspecified atom stereocenters. The number of rotatable bonds is 3. The van der Waals surface area contributed by atoms with Crippen molar-refractivity contribution in [3.05, 3.63) is 48.8 Å². The first-order chi connectivity index (χ1) is 10.2. The van der Waals surface area contributed by atoms with E-state index in [0.717, 1.165) is 0 Å². The van der Waals surface area contributed by atoms with Gasteiger partial charge in [-0.3, -0.25) is 4.79 Å². The summed E-state index contributed by atoms with van der Waals surface area (Å²) in [5.74, 6) is -2.13. The number of aliphatic carboxylic acids is 1. The van der Waals surface area contributed by atoms with E-state index in [1.54, 1.807) is 0 Å². The summed E-state index contributed by atoms with van der Waals surface area (Å²) < 4.78 is 13.9. The molecule has 0 amide bonds. The SMILES string of the molecule is O=C(O)Cc1ccc(-c2c(Cl)c(Cl)c(Cl)c(Cl)c2Cl)nc1F. The van der Waals surface area contributed by atoms with Crippen molar-refractivity contribution in [2.45, 2.75) is 6.42 Å². The Bertz CT molecular complexity index is 753. The number of carbonyl (C=O) groups is 1. The van der Waals surface area contributed by atoms with Crippen LogP contribution in [0.1, 0.15) is 5.56 Å². The van der Waals surface area contributed by atoms with Crippen molar-refractivity contribution in [2.75, 3.05) is 0 Å². The largest absolute Gasteiger partial charge is 0.481 e. The molecule has 3 nitrogen and oxygen atoms in total. The first-order valence-electron chi connectivity index (χ1n) is 5.63. The molecule has 0 aliphatic rings. The number of halogens is 6. The summed E-state index contributed by atoms with van der Waals surface area (Å²) in [6.45, 7) is 0. The van der Waals surface area contributed by atoms with E-state index in [4.69, 9.17) is 63.1 Å². The van der Waals surface area contributed by atoms with E-state index in [0.29, 0.717) is 0 Å². The van der Waals surface area contributed by atoms with Gasteiger partial charge in [0.25, 0.3) is 0 Å². The molecule has 1 N–H and O–H groups in total. The maximum absolute atomic E-state index is 13.9. The molecule has 0 aliphatic heterocycles. The van der Waals surface area contributed by atoms with Crippen LogP contribution in [-0.4, -0.2) is 16.1 Å². The molecule has 0 fully saturated rings. The van der Waals surface area contributed by atoms with Crippen molar-refractivity contribution in [3.8, 4) is 11.3 Å². The minimum absolute atomic E-state index is 0.0231. The van der Waals surface area contributed by atoms with Crippen LogP contribution >= 0.6 is 58.0 Å². The molecule has 0 atom stereocenters. The molecule has 9 heteroatoms. The highest BCUT2D eigenvalue weighted by Crippen LogP contribution is 2.47. The van der Waals surface area contributed by atoms with E-state index in [1.807, 2.05) is 0 Å². The van der Waals surface area contributed by atoms with Crippen LogP contribution in [0.25, 0.3) is 11.3 Å². The Balaban J connectivity index is 2.63. The predicted octanol–water partition coefficient (Wildman–Crippen LogP) is 5.78. The summed E-state index contributed by atoms with van der Waals surface area (Å²) in [5, 5.41) is 8.53. The number of carboxylic acids is 1. The number of hydrogen-bond acceptors (Lipinski definition) is 2. The second kappa shape index (κ2) is 6.77. The van der Waals surface area contributed by atoms with Crippen molar-refractivity contribution < 1.29 is 14.3 Å². The third kappa shape index (κ3) is 3.26.